The van der Waals surface area contributed by atoms with E-state index in [4.69, 9.17) is 0 Å². The number of carbonyl (C=O) groups is 4. The second-order valence-corrected chi connectivity index (χ2v) is 12.1. The Morgan fingerprint density at radius 3 is 1.11 bits per heavy atom. The predicted octanol–water partition coefficient (Wildman–Crippen LogP) is 6.85. The second-order valence-electron chi connectivity index (χ2n) is 12.1. The highest BCUT2D eigenvalue weighted by molar-refractivity contribution is 5.93. The van der Waals surface area contributed by atoms with E-state index in [0.717, 1.165) is 77.0 Å². The number of hydrogen-bond donors (Lipinski definition) is 4. The predicted molar refractivity (Wildman–Crippen MR) is 144 cm³/mol. The van der Waals surface area contributed by atoms with Gasteiger partial charge in [-0.1, -0.05) is 90.9 Å². The van der Waals surface area contributed by atoms with Gasteiger partial charge in [0.1, 0.15) is 0 Å². The molecule has 8 nitrogen and oxygen atoms in total. The average molecular weight is 539 g/mol. The first-order chi connectivity index (χ1) is 18.0. The van der Waals surface area contributed by atoms with Crippen LogP contribution in [0.15, 0.2) is 0 Å². The largest absolute Gasteiger partial charge is 0.481 e. The molecule has 38 heavy (non-hydrogen) atoms. The number of carboxylic acid groups (broad SMARTS) is 4. The molecule has 0 bridgehead atoms. The number of carboxylic acids is 4. The van der Waals surface area contributed by atoms with Crippen molar-refractivity contribution in [2.45, 2.75) is 129 Å². The standard InChI is InChI=1S/C30H50O8/c1-3-5-7-9-21-11-15-23(16-12-21)29(27(35)36,19-25(31)32)30(28(37)38,20-26(33)34)24-17-13-22(14-18-24)10-8-6-4-2/h21-24H,3-20H2,1-2H3,(H,31,32)(H,33,34)(H,35,36)(H,37,38). The fourth-order valence-electron chi connectivity index (χ4n) is 7.95. The van der Waals surface area contributed by atoms with Gasteiger partial charge in [-0.25, -0.2) is 0 Å². The summed E-state index contributed by atoms with van der Waals surface area (Å²) in [6, 6.07) is 0. The van der Waals surface area contributed by atoms with Crippen LogP contribution in [0, 0.1) is 34.5 Å². The first-order valence-electron chi connectivity index (χ1n) is 14.9. The van der Waals surface area contributed by atoms with Crippen LogP contribution < -0.4 is 0 Å². The van der Waals surface area contributed by atoms with Gasteiger partial charge in [-0.15, -0.1) is 0 Å². The van der Waals surface area contributed by atoms with Gasteiger partial charge in [-0.05, 0) is 49.4 Å². The molecule has 0 aromatic rings. The van der Waals surface area contributed by atoms with Crippen LogP contribution in [-0.2, 0) is 19.2 Å². The Balaban J connectivity index is 2.48. The van der Waals surface area contributed by atoms with E-state index in [1.165, 1.54) is 0 Å². The molecule has 2 unspecified atom stereocenters. The molecule has 0 spiro atoms. The third kappa shape index (κ3) is 7.29. The van der Waals surface area contributed by atoms with Crippen LogP contribution in [0.1, 0.15) is 129 Å². The minimum Gasteiger partial charge on any atom is -0.481 e. The number of rotatable bonds is 17. The molecule has 2 saturated carbocycles. The summed E-state index contributed by atoms with van der Waals surface area (Å²) >= 11 is 0. The van der Waals surface area contributed by atoms with E-state index in [9.17, 15) is 39.6 Å². The molecule has 2 aliphatic carbocycles. The summed E-state index contributed by atoms with van der Waals surface area (Å²) in [5, 5.41) is 41.5. The Bertz CT molecular complexity index is 728. The zero-order chi connectivity index (χ0) is 28.3. The molecule has 2 fully saturated rings. The Morgan fingerprint density at radius 2 is 0.868 bits per heavy atom. The topological polar surface area (TPSA) is 149 Å². The van der Waals surface area contributed by atoms with E-state index in [2.05, 4.69) is 13.8 Å². The van der Waals surface area contributed by atoms with E-state index >= 15 is 0 Å². The number of unbranched alkanes of at least 4 members (excludes halogenated alkanes) is 4. The maximum Gasteiger partial charge on any atom is 0.311 e. The van der Waals surface area contributed by atoms with Gasteiger partial charge in [0.15, 0.2) is 0 Å². The van der Waals surface area contributed by atoms with Gasteiger partial charge in [0.05, 0.1) is 23.7 Å². The first-order valence-corrected chi connectivity index (χ1v) is 14.9. The highest BCUT2D eigenvalue weighted by Gasteiger charge is 2.69. The van der Waals surface area contributed by atoms with Crippen LogP contribution in [0.2, 0.25) is 0 Å². The maximum atomic E-state index is 13.2. The Labute approximate surface area is 227 Å². The molecule has 4 N–H and O–H groups in total. The zero-order valence-corrected chi connectivity index (χ0v) is 23.5. The molecule has 8 heteroatoms. The van der Waals surface area contributed by atoms with Gasteiger partial charge < -0.3 is 20.4 Å². The highest BCUT2D eigenvalue weighted by atomic mass is 16.4. The molecular formula is C30H50O8. The van der Waals surface area contributed by atoms with Crippen LogP contribution in [-0.4, -0.2) is 44.3 Å². The second kappa shape index (κ2) is 14.9. The summed E-state index contributed by atoms with van der Waals surface area (Å²) in [7, 11) is 0. The minimum absolute atomic E-state index is 0.409. The lowest BCUT2D eigenvalue weighted by atomic mass is 9.46. The van der Waals surface area contributed by atoms with Crippen LogP contribution in [0.5, 0.6) is 0 Å². The summed E-state index contributed by atoms with van der Waals surface area (Å²) in [6.07, 6.45) is 11.5. The van der Waals surface area contributed by atoms with Crippen molar-refractivity contribution in [3.63, 3.8) is 0 Å². The smallest absolute Gasteiger partial charge is 0.311 e. The summed E-state index contributed by atoms with van der Waals surface area (Å²) in [4.78, 5) is 51.0. The van der Waals surface area contributed by atoms with Gasteiger partial charge >= 0.3 is 23.9 Å². The lowest BCUT2D eigenvalue weighted by Gasteiger charge is -2.54. The highest BCUT2D eigenvalue weighted by Crippen LogP contribution is 2.61. The summed E-state index contributed by atoms with van der Waals surface area (Å²) < 4.78 is 0. The van der Waals surface area contributed by atoms with Gasteiger partial charge in [0.2, 0.25) is 0 Å². The zero-order valence-electron chi connectivity index (χ0n) is 23.5. The quantitative estimate of drug-likeness (QED) is 0.147. The third-order valence-electron chi connectivity index (χ3n) is 9.94. The Kier molecular flexibility index (Phi) is 12.6. The summed E-state index contributed by atoms with van der Waals surface area (Å²) in [6.45, 7) is 4.27. The van der Waals surface area contributed by atoms with Crippen molar-refractivity contribution in [2.75, 3.05) is 0 Å². The van der Waals surface area contributed by atoms with Gasteiger partial charge in [-0.2, -0.15) is 0 Å². The number of aliphatic carboxylic acids is 4. The lowest BCUT2D eigenvalue weighted by molar-refractivity contribution is -0.200. The van der Waals surface area contributed by atoms with Gasteiger partial charge in [0.25, 0.3) is 0 Å². The third-order valence-corrected chi connectivity index (χ3v) is 9.94. The maximum absolute atomic E-state index is 13.2. The van der Waals surface area contributed by atoms with E-state index in [0.29, 0.717) is 37.5 Å². The van der Waals surface area contributed by atoms with Crippen molar-refractivity contribution in [1.29, 1.82) is 0 Å². The molecule has 218 valence electrons. The van der Waals surface area contributed by atoms with Crippen LogP contribution in [0.4, 0.5) is 0 Å². The van der Waals surface area contributed by atoms with Crippen molar-refractivity contribution in [2.24, 2.45) is 34.5 Å². The lowest BCUT2D eigenvalue weighted by Crippen LogP contribution is -2.62. The molecule has 0 aromatic heterocycles. The molecule has 0 heterocycles. The molecule has 2 rings (SSSR count). The van der Waals surface area contributed by atoms with E-state index < -0.39 is 59.4 Å². The van der Waals surface area contributed by atoms with Crippen molar-refractivity contribution < 1.29 is 39.6 Å². The molecule has 2 atom stereocenters. The Hall–Kier alpha value is -2.12. The first kappa shape index (κ1) is 32.1. The van der Waals surface area contributed by atoms with Crippen LogP contribution in [0.3, 0.4) is 0 Å². The van der Waals surface area contributed by atoms with Gasteiger partial charge in [0, 0.05) is 0 Å². The van der Waals surface area contributed by atoms with Crippen LogP contribution >= 0.6 is 0 Å². The monoisotopic (exact) mass is 538 g/mol. The van der Waals surface area contributed by atoms with E-state index in [1.54, 1.807) is 0 Å². The average Bonchev–Trinajstić information content (AvgIpc) is 2.86. The van der Waals surface area contributed by atoms with Crippen LogP contribution in [0.25, 0.3) is 0 Å². The molecule has 0 aliphatic heterocycles. The van der Waals surface area contributed by atoms with Crippen molar-refractivity contribution >= 4 is 23.9 Å². The molecule has 0 radical (unpaired) electrons. The molecule has 0 aromatic carbocycles. The molecule has 2 aliphatic rings. The molecule has 0 amide bonds. The van der Waals surface area contributed by atoms with Gasteiger partial charge in [-0.3, -0.25) is 19.2 Å². The van der Waals surface area contributed by atoms with Crippen molar-refractivity contribution in [1.82, 2.24) is 0 Å². The summed E-state index contributed by atoms with van der Waals surface area (Å²) in [5.74, 6) is -6.29. The normalized spacial score (nSPS) is 27.1. The fourth-order valence-corrected chi connectivity index (χ4v) is 7.95. The van der Waals surface area contributed by atoms with E-state index in [1.807, 2.05) is 0 Å². The fraction of sp³-hybridized carbons (Fsp3) is 0.867. The molecular weight excluding hydrogens is 488 g/mol. The summed E-state index contributed by atoms with van der Waals surface area (Å²) in [5.41, 5.74) is -4.37. The minimum atomic E-state index is -2.18. The van der Waals surface area contributed by atoms with E-state index in [-0.39, 0.29) is 0 Å². The SMILES string of the molecule is CCCCCC1CCC(C(CC(=O)O)(C(=O)O)C(CC(=O)O)(C(=O)O)C2CCC(CCCCC)CC2)CC1. The Morgan fingerprint density at radius 1 is 0.553 bits per heavy atom. The van der Waals surface area contributed by atoms with Crippen molar-refractivity contribution in [3.8, 4) is 0 Å². The molecule has 0 saturated heterocycles. The number of hydrogen-bond acceptors (Lipinski definition) is 4. The van der Waals surface area contributed by atoms with Crippen molar-refractivity contribution in [3.05, 3.63) is 0 Å².